The molecule has 104 valence electrons. The van der Waals surface area contributed by atoms with Crippen molar-refractivity contribution < 1.29 is 0 Å². The van der Waals surface area contributed by atoms with Crippen LogP contribution in [0.4, 0.5) is 0 Å². The molecule has 1 unspecified atom stereocenters. The van der Waals surface area contributed by atoms with Gasteiger partial charge >= 0.3 is 0 Å². The predicted octanol–water partition coefficient (Wildman–Crippen LogP) is 4.35. The molecule has 1 heterocycles. The van der Waals surface area contributed by atoms with Crippen LogP contribution in [0.2, 0.25) is 0 Å². The van der Waals surface area contributed by atoms with Crippen LogP contribution in [0.1, 0.15) is 50.4 Å². The molecule has 0 radical (unpaired) electrons. The molecule has 2 aromatic rings. The number of hydrogen-bond donors (Lipinski definition) is 0. The highest BCUT2D eigenvalue weighted by molar-refractivity contribution is 6.20. The molecule has 3 rings (SSSR count). The van der Waals surface area contributed by atoms with Gasteiger partial charge in [0.25, 0.3) is 0 Å². The normalized spacial score (nSPS) is 17.1. The van der Waals surface area contributed by atoms with Gasteiger partial charge < -0.3 is 4.57 Å². The zero-order chi connectivity index (χ0) is 14.5. The quantitative estimate of drug-likeness (QED) is 0.787. The summed E-state index contributed by atoms with van der Waals surface area (Å²) < 4.78 is 2.25. The topological polar surface area (TPSA) is 41.6 Å². The molecule has 0 N–H and O–H groups in total. The number of nitrogens with zero attached hydrogens (tertiary/aromatic N) is 3. The summed E-state index contributed by atoms with van der Waals surface area (Å²) in [6, 6.07) is 8.00. The van der Waals surface area contributed by atoms with E-state index in [4.69, 9.17) is 11.6 Å². The summed E-state index contributed by atoms with van der Waals surface area (Å²) in [6.45, 7) is 6.43. The lowest BCUT2D eigenvalue weighted by atomic mass is 9.97. The van der Waals surface area contributed by atoms with Crippen molar-refractivity contribution in [3.05, 3.63) is 29.6 Å². The summed E-state index contributed by atoms with van der Waals surface area (Å²) >= 11 is 6.34. The van der Waals surface area contributed by atoms with Crippen LogP contribution in [0.3, 0.4) is 0 Å². The molecule has 1 aliphatic rings. The van der Waals surface area contributed by atoms with Gasteiger partial charge in [-0.25, -0.2) is 4.98 Å². The van der Waals surface area contributed by atoms with Gasteiger partial charge in [0.05, 0.1) is 16.5 Å². The average Bonchev–Trinajstić information content (AvgIpc) is 3.18. The van der Waals surface area contributed by atoms with Crippen LogP contribution in [0.5, 0.6) is 0 Å². The SMILES string of the molecule is CC(Cl)c1nc2c(C#N)cccc2n1C(C)(C)C1CC1. The van der Waals surface area contributed by atoms with Gasteiger partial charge in [-0.3, -0.25) is 0 Å². The first kappa shape index (κ1) is 13.5. The molecule has 1 aliphatic carbocycles. The molecule has 3 nitrogen and oxygen atoms in total. The summed E-state index contributed by atoms with van der Waals surface area (Å²) in [5.74, 6) is 1.53. The molecule has 20 heavy (non-hydrogen) atoms. The molecule has 1 atom stereocenters. The van der Waals surface area contributed by atoms with E-state index in [0.29, 0.717) is 11.5 Å². The van der Waals surface area contributed by atoms with Gasteiger partial charge in [0.1, 0.15) is 17.4 Å². The van der Waals surface area contributed by atoms with Crippen molar-refractivity contribution in [2.24, 2.45) is 5.92 Å². The van der Waals surface area contributed by atoms with Crippen LogP contribution in [-0.4, -0.2) is 9.55 Å². The first-order chi connectivity index (χ1) is 9.46. The molecule has 0 spiro atoms. The number of halogens is 1. The summed E-state index contributed by atoms with van der Waals surface area (Å²) in [5.41, 5.74) is 2.39. The third kappa shape index (κ3) is 1.91. The molecule has 0 saturated heterocycles. The number of imidazole rings is 1. The number of hydrogen-bond acceptors (Lipinski definition) is 2. The van der Waals surface area contributed by atoms with Crippen molar-refractivity contribution >= 4 is 22.6 Å². The summed E-state index contributed by atoms with van der Waals surface area (Å²) in [4.78, 5) is 4.67. The number of rotatable bonds is 3. The smallest absolute Gasteiger partial charge is 0.128 e. The van der Waals surface area contributed by atoms with E-state index in [-0.39, 0.29) is 10.9 Å². The van der Waals surface area contributed by atoms with Crippen molar-refractivity contribution in [3.63, 3.8) is 0 Å². The van der Waals surface area contributed by atoms with E-state index in [2.05, 4.69) is 29.5 Å². The van der Waals surface area contributed by atoms with E-state index in [0.717, 1.165) is 16.9 Å². The monoisotopic (exact) mass is 287 g/mol. The fraction of sp³-hybridized carbons (Fsp3) is 0.500. The van der Waals surface area contributed by atoms with Crippen molar-refractivity contribution in [1.29, 1.82) is 5.26 Å². The number of fused-ring (bicyclic) bond motifs is 1. The first-order valence-electron chi connectivity index (χ1n) is 7.03. The Morgan fingerprint density at radius 3 is 2.70 bits per heavy atom. The Morgan fingerprint density at radius 1 is 1.45 bits per heavy atom. The molecular formula is C16H18ClN3. The molecule has 4 heteroatoms. The van der Waals surface area contributed by atoms with Crippen LogP contribution in [-0.2, 0) is 5.54 Å². The van der Waals surface area contributed by atoms with E-state index in [1.54, 1.807) is 0 Å². The van der Waals surface area contributed by atoms with Gasteiger partial charge in [-0.15, -0.1) is 11.6 Å². The number of nitriles is 1. The van der Waals surface area contributed by atoms with Crippen molar-refractivity contribution in [2.45, 2.75) is 44.5 Å². The Labute approximate surface area is 124 Å². The number of aromatic nitrogens is 2. The minimum Gasteiger partial charge on any atom is -0.321 e. The molecule has 1 fully saturated rings. The van der Waals surface area contributed by atoms with Crippen molar-refractivity contribution in [2.75, 3.05) is 0 Å². The number of benzene rings is 1. The maximum absolute atomic E-state index is 9.27. The van der Waals surface area contributed by atoms with E-state index >= 15 is 0 Å². The Hall–Kier alpha value is -1.53. The fourth-order valence-electron chi connectivity index (χ4n) is 3.05. The van der Waals surface area contributed by atoms with E-state index < -0.39 is 0 Å². The molecule has 0 aliphatic heterocycles. The van der Waals surface area contributed by atoms with Crippen LogP contribution < -0.4 is 0 Å². The maximum atomic E-state index is 9.27. The van der Waals surface area contributed by atoms with Crippen molar-refractivity contribution in [3.8, 4) is 6.07 Å². The first-order valence-corrected chi connectivity index (χ1v) is 7.46. The largest absolute Gasteiger partial charge is 0.321 e. The van der Waals surface area contributed by atoms with Gasteiger partial charge in [0.2, 0.25) is 0 Å². The lowest BCUT2D eigenvalue weighted by Gasteiger charge is -2.30. The van der Waals surface area contributed by atoms with Gasteiger partial charge in [-0.1, -0.05) is 6.07 Å². The van der Waals surface area contributed by atoms with Gasteiger partial charge in [0.15, 0.2) is 0 Å². The minimum atomic E-state index is -0.174. The van der Waals surface area contributed by atoms with Crippen LogP contribution in [0.15, 0.2) is 18.2 Å². The Kier molecular flexibility index (Phi) is 3.02. The number of para-hydroxylation sites is 1. The molecule has 1 aromatic carbocycles. The highest BCUT2D eigenvalue weighted by Gasteiger charge is 2.41. The lowest BCUT2D eigenvalue weighted by molar-refractivity contribution is 0.304. The molecule has 0 bridgehead atoms. The third-order valence-corrected chi connectivity index (χ3v) is 4.54. The Balaban J connectivity index is 2.34. The van der Waals surface area contributed by atoms with Gasteiger partial charge in [-0.05, 0) is 51.7 Å². The van der Waals surface area contributed by atoms with Crippen LogP contribution in [0.25, 0.3) is 11.0 Å². The predicted molar refractivity (Wildman–Crippen MR) is 80.8 cm³/mol. The molecule has 1 saturated carbocycles. The minimum absolute atomic E-state index is 0.0126. The van der Waals surface area contributed by atoms with E-state index in [1.165, 1.54) is 12.8 Å². The van der Waals surface area contributed by atoms with Crippen LogP contribution in [0, 0.1) is 17.2 Å². The van der Waals surface area contributed by atoms with Gasteiger partial charge in [0, 0.05) is 5.54 Å². The zero-order valence-electron chi connectivity index (χ0n) is 12.0. The van der Waals surface area contributed by atoms with E-state index in [1.807, 2.05) is 25.1 Å². The summed E-state index contributed by atoms with van der Waals surface area (Å²) in [5, 5.41) is 9.09. The van der Waals surface area contributed by atoms with Gasteiger partial charge in [-0.2, -0.15) is 5.26 Å². The summed E-state index contributed by atoms with van der Waals surface area (Å²) in [7, 11) is 0. The molecular weight excluding hydrogens is 270 g/mol. The number of alkyl halides is 1. The third-order valence-electron chi connectivity index (χ3n) is 4.34. The van der Waals surface area contributed by atoms with Crippen molar-refractivity contribution in [1.82, 2.24) is 9.55 Å². The standard InChI is InChI=1S/C16H18ClN3/c1-10(17)15-19-14-11(9-18)5-4-6-13(14)20(15)16(2,3)12-7-8-12/h4-6,10,12H,7-8H2,1-3H3. The van der Waals surface area contributed by atoms with E-state index in [9.17, 15) is 5.26 Å². The Bertz CT molecular complexity index is 702. The lowest BCUT2D eigenvalue weighted by Crippen LogP contribution is -2.30. The second-order valence-electron chi connectivity index (χ2n) is 6.13. The zero-order valence-corrected chi connectivity index (χ0v) is 12.8. The second kappa shape index (κ2) is 4.49. The summed E-state index contributed by atoms with van der Waals surface area (Å²) in [6.07, 6.45) is 2.50. The molecule has 0 amide bonds. The highest BCUT2D eigenvalue weighted by atomic mass is 35.5. The second-order valence-corrected chi connectivity index (χ2v) is 6.79. The highest BCUT2D eigenvalue weighted by Crippen LogP contribution is 2.46. The maximum Gasteiger partial charge on any atom is 0.128 e. The fourth-order valence-corrected chi connectivity index (χ4v) is 3.20. The Morgan fingerprint density at radius 2 is 2.15 bits per heavy atom. The molecule has 1 aromatic heterocycles. The average molecular weight is 288 g/mol. The van der Waals surface area contributed by atoms with Crippen LogP contribution >= 0.6 is 11.6 Å².